The molecular weight excluding hydrogens is 340 g/mol. The second-order valence-electron chi connectivity index (χ2n) is 6.51. The lowest BCUT2D eigenvalue weighted by atomic mass is 9.94. The highest BCUT2D eigenvalue weighted by molar-refractivity contribution is 7.89. The van der Waals surface area contributed by atoms with E-state index < -0.39 is 10.0 Å². The number of rotatable bonds is 5. The van der Waals surface area contributed by atoms with Crippen LogP contribution in [0.25, 0.3) is 5.69 Å². The Morgan fingerprint density at radius 3 is 2.56 bits per heavy atom. The highest BCUT2D eigenvalue weighted by Gasteiger charge is 2.28. The Kier molecular flexibility index (Phi) is 5.10. The first kappa shape index (κ1) is 17.9. The van der Waals surface area contributed by atoms with Gasteiger partial charge in [0, 0.05) is 19.5 Å². The van der Waals surface area contributed by atoms with Crippen LogP contribution in [-0.2, 0) is 16.4 Å². The lowest BCUT2D eigenvalue weighted by Gasteiger charge is -2.30. The number of aromatic amines is 1. The smallest absolute Gasteiger partial charge is 0.247 e. The summed E-state index contributed by atoms with van der Waals surface area (Å²) in [6.07, 6.45) is 2.23. The average molecular weight is 364 g/mol. The number of aromatic nitrogens is 3. The summed E-state index contributed by atoms with van der Waals surface area (Å²) in [6.45, 7) is 4.72. The molecule has 0 saturated carbocycles. The molecule has 0 atom stereocenters. The molecule has 8 heteroatoms. The molecule has 3 rings (SSSR count). The summed E-state index contributed by atoms with van der Waals surface area (Å²) in [5.74, 6) is 1.17. The minimum Gasteiger partial charge on any atom is -0.247 e. The van der Waals surface area contributed by atoms with E-state index in [0.29, 0.717) is 31.3 Å². The number of para-hydroxylation sites is 1. The number of aryl methyl sites for hydroxylation is 1. The Morgan fingerprint density at radius 1 is 1.24 bits per heavy atom. The molecule has 1 fully saturated rings. The predicted octanol–water partition coefficient (Wildman–Crippen LogP) is 1.47. The van der Waals surface area contributed by atoms with Gasteiger partial charge in [0.1, 0.15) is 5.82 Å². The predicted molar refractivity (Wildman–Crippen MR) is 96.4 cm³/mol. The van der Waals surface area contributed by atoms with Gasteiger partial charge in [-0.15, -0.1) is 0 Å². The summed E-state index contributed by atoms with van der Waals surface area (Å²) < 4.78 is 27.1. The third-order valence-corrected chi connectivity index (χ3v) is 6.78. The molecule has 1 aromatic carbocycles. The van der Waals surface area contributed by atoms with Crippen molar-refractivity contribution in [2.75, 3.05) is 18.8 Å². The molecule has 1 aromatic heterocycles. The Morgan fingerprint density at radius 2 is 1.92 bits per heavy atom. The molecule has 1 saturated heterocycles. The first-order valence-corrected chi connectivity index (χ1v) is 10.2. The zero-order valence-corrected chi connectivity index (χ0v) is 15.4. The standard InChI is InChI=1S/C17H24N4O3S/c1-3-25(23,24)20-10-8-14(9-11-20)12-16-18-19-17(22)21(16)15-7-5-4-6-13(15)2/h4-7,14H,3,8-12H2,1-2H3,(H,19,22). The van der Waals surface area contributed by atoms with Gasteiger partial charge in [0.2, 0.25) is 10.0 Å². The van der Waals surface area contributed by atoms with Gasteiger partial charge in [0.05, 0.1) is 11.4 Å². The summed E-state index contributed by atoms with van der Waals surface area (Å²) in [4.78, 5) is 12.2. The number of nitrogens with one attached hydrogen (secondary N) is 1. The number of piperidine rings is 1. The van der Waals surface area contributed by atoms with Gasteiger partial charge in [-0.25, -0.2) is 27.2 Å². The van der Waals surface area contributed by atoms with Crippen molar-refractivity contribution in [3.63, 3.8) is 0 Å². The Balaban J connectivity index is 1.76. The van der Waals surface area contributed by atoms with E-state index in [1.165, 1.54) is 0 Å². The first-order valence-electron chi connectivity index (χ1n) is 8.62. The Bertz CT molecular complexity index is 893. The summed E-state index contributed by atoms with van der Waals surface area (Å²) in [7, 11) is -3.11. The van der Waals surface area contributed by atoms with E-state index in [1.807, 2.05) is 31.2 Å². The maximum atomic E-state index is 12.2. The zero-order chi connectivity index (χ0) is 18.0. The zero-order valence-electron chi connectivity index (χ0n) is 14.6. The average Bonchev–Trinajstić information content (AvgIpc) is 2.96. The largest absolute Gasteiger partial charge is 0.347 e. The molecule has 2 heterocycles. The lowest BCUT2D eigenvalue weighted by Crippen LogP contribution is -2.39. The molecule has 136 valence electrons. The summed E-state index contributed by atoms with van der Waals surface area (Å²) in [6, 6.07) is 7.71. The minimum atomic E-state index is -3.11. The Hall–Kier alpha value is -1.93. The molecular formula is C17H24N4O3S. The molecule has 0 radical (unpaired) electrons. The Labute approximate surface area is 147 Å². The van der Waals surface area contributed by atoms with Crippen molar-refractivity contribution < 1.29 is 8.42 Å². The van der Waals surface area contributed by atoms with Gasteiger partial charge in [-0.3, -0.25) is 0 Å². The maximum absolute atomic E-state index is 12.2. The van der Waals surface area contributed by atoms with Crippen molar-refractivity contribution in [2.45, 2.75) is 33.1 Å². The number of benzene rings is 1. The van der Waals surface area contributed by atoms with Crippen LogP contribution in [0.15, 0.2) is 29.1 Å². The summed E-state index contributed by atoms with van der Waals surface area (Å²) in [5, 5.41) is 6.75. The third kappa shape index (κ3) is 3.69. The normalized spacial score (nSPS) is 17.0. The van der Waals surface area contributed by atoms with Crippen LogP contribution in [0.5, 0.6) is 0 Å². The van der Waals surface area contributed by atoms with Gasteiger partial charge < -0.3 is 0 Å². The first-order chi connectivity index (χ1) is 11.9. The van der Waals surface area contributed by atoms with E-state index in [4.69, 9.17) is 0 Å². The van der Waals surface area contributed by atoms with E-state index in [9.17, 15) is 13.2 Å². The van der Waals surface area contributed by atoms with Crippen molar-refractivity contribution in [3.8, 4) is 5.69 Å². The van der Waals surface area contributed by atoms with Crippen LogP contribution in [0.3, 0.4) is 0 Å². The SMILES string of the molecule is CCS(=O)(=O)N1CCC(Cc2n[nH]c(=O)n2-c2ccccc2C)CC1. The second-order valence-corrected chi connectivity index (χ2v) is 8.77. The molecule has 1 aliphatic rings. The molecule has 25 heavy (non-hydrogen) atoms. The van der Waals surface area contributed by atoms with Crippen molar-refractivity contribution in [1.29, 1.82) is 0 Å². The molecule has 0 unspecified atom stereocenters. The highest BCUT2D eigenvalue weighted by Crippen LogP contribution is 2.23. The van der Waals surface area contributed by atoms with E-state index in [2.05, 4.69) is 10.2 Å². The highest BCUT2D eigenvalue weighted by atomic mass is 32.2. The molecule has 0 spiro atoms. The van der Waals surface area contributed by atoms with Crippen LogP contribution in [0.4, 0.5) is 0 Å². The monoisotopic (exact) mass is 364 g/mol. The molecule has 0 bridgehead atoms. The van der Waals surface area contributed by atoms with Crippen LogP contribution >= 0.6 is 0 Å². The fourth-order valence-electron chi connectivity index (χ4n) is 3.36. The molecule has 1 aliphatic heterocycles. The van der Waals surface area contributed by atoms with Crippen LogP contribution in [-0.4, -0.2) is 46.3 Å². The van der Waals surface area contributed by atoms with Gasteiger partial charge in [-0.1, -0.05) is 18.2 Å². The number of hydrogen-bond acceptors (Lipinski definition) is 4. The number of nitrogens with zero attached hydrogens (tertiary/aromatic N) is 3. The molecule has 1 N–H and O–H groups in total. The van der Waals surface area contributed by atoms with Crippen LogP contribution in [0, 0.1) is 12.8 Å². The fourth-order valence-corrected chi connectivity index (χ4v) is 4.49. The van der Waals surface area contributed by atoms with Gasteiger partial charge in [0.25, 0.3) is 0 Å². The number of H-pyrrole nitrogens is 1. The van der Waals surface area contributed by atoms with E-state index in [0.717, 1.165) is 24.1 Å². The van der Waals surface area contributed by atoms with Gasteiger partial charge in [-0.2, -0.15) is 5.10 Å². The molecule has 0 aliphatic carbocycles. The number of sulfonamides is 1. The molecule has 2 aromatic rings. The second kappa shape index (κ2) is 7.13. The summed E-state index contributed by atoms with van der Waals surface area (Å²) >= 11 is 0. The van der Waals surface area contributed by atoms with Crippen LogP contribution in [0.1, 0.15) is 31.2 Å². The topological polar surface area (TPSA) is 88.1 Å². The summed E-state index contributed by atoms with van der Waals surface area (Å²) in [5.41, 5.74) is 1.61. The lowest BCUT2D eigenvalue weighted by molar-refractivity contribution is 0.270. The quantitative estimate of drug-likeness (QED) is 0.870. The number of hydrogen-bond donors (Lipinski definition) is 1. The van der Waals surface area contributed by atoms with Crippen LogP contribution in [0.2, 0.25) is 0 Å². The molecule has 0 amide bonds. The van der Waals surface area contributed by atoms with E-state index >= 15 is 0 Å². The third-order valence-electron chi connectivity index (χ3n) is 4.90. The van der Waals surface area contributed by atoms with E-state index in [1.54, 1.807) is 15.8 Å². The van der Waals surface area contributed by atoms with Crippen molar-refractivity contribution >= 4 is 10.0 Å². The van der Waals surface area contributed by atoms with Gasteiger partial charge >= 0.3 is 5.69 Å². The van der Waals surface area contributed by atoms with Gasteiger partial charge in [-0.05, 0) is 44.2 Å². The maximum Gasteiger partial charge on any atom is 0.347 e. The van der Waals surface area contributed by atoms with Crippen LogP contribution < -0.4 is 5.69 Å². The van der Waals surface area contributed by atoms with Crippen molar-refractivity contribution in [1.82, 2.24) is 19.1 Å². The minimum absolute atomic E-state index is 0.143. The van der Waals surface area contributed by atoms with Gasteiger partial charge in [0.15, 0.2) is 0 Å². The van der Waals surface area contributed by atoms with Crippen molar-refractivity contribution in [2.24, 2.45) is 5.92 Å². The fraction of sp³-hybridized carbons (Fsp3) is 0.529. The molecule has 7 nitrogen and oxygen atoms in total. The van der Waals surface area contributed by atoms with Crippen molar-refractivity contribution in [3.05, 3.63) is 46.1 Å². The van der Waals surface area contributed by atoms with E-state index in [-0.39, 0.29) is 11.4 Å².